The van der Waals surface area contributed by atoms with Crippen molar-refractivity contribution in [2.45, 2.75) is 39.2 Å². The van der Waals surface area contributed by atoms with Gasteiger partial charge in [-0.25, -0.2) is 9.97 Å². The molecule has 2 fully saturated rings. The maximum absolute atomic E-state index is 13.4. The van der Waals surface area contributed by atoms with Crippen molar-refractivity contribution in [3.05, 3.63) is 51.7 Å². The minimum Gasteiger partial charge on any atom is -0.392 e. The van der Waals surface area contributed by atoms with Gasteiger partial charge in [-0.1, -0.05) is 0 Å². The number of rotatable bonds is 2. The molecule has 0 aromatic carbocycles. The molecule has 2 aliphatic heterocycles. The van der Waals surface area contributed by atoms with Crippen LogP contribution in [-0.4, -0.2) is 62.7 Å². The second-order valence-electron chi connectivity index (χ2n) is 8.68. The number of carbonyl (C=O) groups is 1. The number of carbonyl (C=O) groups excluding carboxylic acids is 1. The van der Waals surface area contributed by atoms with Crippen LogP contribution in [0.1, 0.15) is 40.9 Å². The van der Waals surface area contributed by atoms with Crippen LogP contribution < -0.4 is 10.5 Å². The number of aliphatic hydroxyl groups excluding tert-OH is 1. The Morgan fingerprint density at radius 2 is 1.93 bits per heavy atom. The van der Waals surface area contributed by atoms with Crippen LogP contribution in [0.2, 0.25) is 0 Å². The summed E-state index contributed by atoms with van der Waals surface area (Å²) in [5, 5.41) is 10.9. The SMILES string of the molecule is Cc1cc(C)n(C)c(=O)c1C(=O)N1CCC[C@@]2(C1)CN(c1ncccn1)CC[C@@H]2O. The molecule has 1 amide bonds. The molecule has 4 rings (SSSR count). The number of likely N-dealkylation sites (tertiary alicyclic amines) is 1. The van der Waals surface area contributed by atoms with E-state index in [1.54, 1.807) is 30.4 Å². The number of aliphatic hydroxyl groups is 1. The molecule has 1 spiro atoms. The van der Waals surface area contributed by atoms with Crippen molar-refractivity contribution in [1.29, 1.82) is 0 Å². The Balaban J connectivity index is 1.62. The van der Waals surface area contributed by atoms with E-state index in [9.17, 15) is 14.7 Å². The molecule has 2 atom stereocenters. The highest BCUT2D eigenvalue weighted by atomic mass is 16.3. The molecule has 0 bridgehead atoms. The largest absolute Gasteiger partial charge is 0.392 e. The van der Waals surface area contributed by atoms with Gasteiger partial charge in [-0.15, -0.1) is 0 Å². The highest BCUT2D eigenvalue weighted by molar-refractivity contribution is 5.95. The lowest BCUT2D eigenvalue weighted by molar-refractivity contribution is -0.0364. The van der Waals surface area contributed by atoms with Crippen LogP contribution >= 0.6 is 0 Å². The minimum atomic E-state index is -0.505. The number of hydrogen-bond acceptors (Lipinski definition) is 6. The number of piperidine rings is 2. The number of anilines is 1. The highest BCUT2D eigenvalue weighted by Gasteiger charge is 2.47. The zero-order valence-corrected chi connectivity index (χ0v) is 17.8. The summed E-state index contributed by atoms with van der Waals surface area (Å²) in [6.07, 6.45) is 5.14. The first-order valence-electron chi connectivity index (χ1n) is 10.5. The van der Waals surface area contributed by atoms with Crippen LogP contribution in [0.15, 0.2) is 29.3 Å². The Labute approximate surface area is 176 Å². The Hall–Kier alpha value is -2.74. The summed E-state index contributed by atoms with van der Waals surface area (Å²) in [6, 6.07) is 3.65. The molecule has 2 saturated heterocycles. The summed E-state index contributed by atoms with van der Waals surface area (Å²) in [6.45, 7) is 5.95. The molecule has 4 heterocycles. The number of pyridine rings is 1. The van der Waals surface area contributed by atoms with Crippen molar-refractivity contribution in [3.63, 3.8) is 0 Å². The van der Waals surface area contributed by atoms with Crippen molar-refractivity contribution >= 4 is 11.9 Å². The third kappa shape index (κ3) is 3.49. The molecular weight excluding hydrogens is 382 g/mol. The standard InChI is InChI=1S/C22H29N5O3/c1-15-12-16(2)25(3)19(29)18(15)20(30)26-10-4-7-22(13-26)14-27(11-6-17(22)28)21-23-8-5-9-24-21/h5,8-9,12,17,28H,4,6-7,10-11,13-14H2,1-3H3/t17-,22+/m0/s1. The lowest BCUT2D eigenvalue weighted by Crippen LogP contribution is -2.60. The molecule has 1 N–H and O–H groups in total. The summed E-state index contributed by atoms with van der Waals surface area (Å²) >= 11 is 0. The summed E-state index contributed by atoms with van der Waals surface area (Å²) in [7, 11) is 1.69. The smallest absolute Gasteiger partial charge is 0.263 e. The average Bonchev–Trinajstić information content (AvgIpc) is 2.75. The first-order valence-corrected chi connectivity index (χ1v) is 10.5. The molecule has 0 radical (unpaired) electrons. The van der Waals surface area contributed by atoms with Crippen molar-refractivity contribution in [2.75, 3.05) is 31.1 Å². The van der Waals surface area contributed by atoms with Gasteiger partial charge in [0, 0.05) is 56.7 Å². The maximum Gasteiger partial charge on any atom is 0.263 e. The number of aryl methyl sites for hydroxylation is 2. The molecule has 0 unspecified atom stereocenters. The lowest BCUT2D eigenvalue weighted by Gasteiger charge is -2.51. The van der Waals surface area contributed by atoms with Crippen molar-refractivity contribution < 1.29 is 9.90 Å². The summed E-state index contributed by atoms with van der Waals surface area (Å²) < 4.78 is 1.52. The Bertz CT molecular complexity index is 1010. The Morgan fingerprint density at radius 1 is 1.20 bits per heavy atom. The fourth-order valence-electron chi connectivity index (χ4n) is 4.91. The van der Waals surface area contributed by atoms with E-state index in [2.05, 4.69) is 14.9 Å². The molecule has 0 saturated carbocycles. The molecular formula is C22H29N5O3. The average molecular weight is 412 g/mol. The molecule has 30 heavy (non-hydrogen) atoms. The molecule has 2 aromatic rings. The van der Waals surface area contributed by atoms with Crippen LogP contribution in [0.5, 0.6) is 0 Å². The topological polar surface area (TPSA) is 91.6 Å². The van der Waals surface area contributed by atoms with Gasteiger partial charge in [-0.05, 0) is 50.8 Å². The number of nitrogens with zero attached hydrogens (tertiary/aromatic N) is 5. The van der Waals surface area contributed by atoms with Crippen molar-refractivity contribution in [2.24, 2.45) is 12.5 Å². The van der Waals surface area contributed by atoms with Gasteiger partial charge in [-0.2, -0.15) is 0 Å². The fraction of sp³-hybridized carbons (Fsp3) is 0.545. The summed E-state index contributed by atoms with van der Waals surface area (Å²) in [5.41, 5.74) is 1.04. The zero-order chi connectivity index (χ0) is 21.5. The van der Waals surface area contributed by atoms with Crippen LogP contribution in [0, 0.1) is 19.3 Å². The van der Waals surface area contributed by atoms with E-state index in [4.69, 9.17) is 0 Å². The van der Waals surface area contributed by atoms with Gasteiger partial charge in [0.2, 0.25) is 5.95 Å². The summed E-state index contributed by atoms with van der Waals surface area (Å²) in [4.78, 5) is 38.7. The Morgan fingerprint density at radius 3 is 2.67 bits per heavy atom. The number of aromatic nitrogens is 3. The van der Waals surface area contributed by atoms with E-state index >= 15 is 0 Å². The third-order valence-electron chi connectivity index (χ3n) is 6.70. The Kier molecular flexibility index (Phi) is 5.36. The van der Waals surface area contributed by atoms with Crippen molar-refractivity contribution in [3.8, 4) is 0 Å². The molecule has 160 valence electrons. The molecule has 2 aromatic heterocycles. The molecule has 0 aliphatic carbocycles. The predicted molar refractivity (Wildman–Crippen MR) is 114 cm³/mol. The van der Waals surface area contributed by atoms with E-state index in [0.717, 1.165) is 18.5 Å². The third-order valence-corrected chi connectivity index (χ3v) is 6.70. The number of amides is 1. The maximum atomic E-state index is 13.4. The predicted octanol–water partition coefficient (Wildman–Crippen LogP) is 1.29. The highest BCUT2D eigenvalue weighted by Crippen LogP contribution is 2.40. The van der Waals surface area contributed by atoms with Gasteiger partial charge in [0.15, 0.2) is 0 Å². The zero-order valence-electron chi connectivity index (χ0n) is 17.8. The van der Waals surface area contributed by atoms with Crippen LogP contribution in [0.3, 0.4) is 0 Å². The quantitative estimate of drug-likeness (QED) is 0.801. The molecule has 8 nitrogen and oxygen atoms in total. The van der Waals surface area contributed by atoms with E-state index in [0.29, 0.717) is 44.1 Å². The van der Waals surface area contributed by atoms with Gasteiger partial charge in [0.25, 0.3) is 11.5 Å². The first-order chi connectivity index (χ1) is 14.3. The van der Waals surface area contributed by atoms with E-state index in [1.807, 2.05) is 19.9 Å². The first kappa shape index (κ1) is 20.5. The van der Waals surface area contributed by atoms with Crippen LogP contribution in [-0.2, 0) is 7.05 Å². The summed E-state index contributed by atoms with van der Waals surface area (Å²) in [5.74, 6) is 0.405. The number of hydrogen-bond donors (Lipinski definition) is 1. The van der Waals surface area contributed by atoms with E-state index in [1.165, 1.54) is 4.57 Å². The van der Waals surface area contributed by atoms with Gasteiger partial charge in [0.05, 0.1) is 6.10 Å². The van der Waals surface area contributed by atoms with Crippen LogP contribution in [0.4, 0.5) is 5.95 Å². The van der Waals surface area contributed by atoms with Gasteiger partial charge in [0.1, 0.15) is 5.56 Å². The van der Waals surface area contributed by atoms with E-state index < -0.39 is 11.5 Å². The second-order valence-corrected chi connectivity index (χ2v) is 8.68. The van der Waals surface area contributed by atoms with Crippen molar-refractivity contribution in [1.82, 2.24) is 19.4 Å². The van der Waals surface area contributed by atoms with Gasteiger partial charge in [-0.3, -0.25) is 9.59 Å². The monoisotopic (exact) mass is 411 g/mol. The van der Waals surface area contributed by atoms with E-state index in [-0.39, 0.29) is 17.0 Å². The molecule has 8 heteroatoms. The van der Waals surface area contributed by atoms with Gasteiger partial charge < -0.3 is 19.5 Å². The fourth-order valence-corrected chi connectivity index (χ4v) is 4.91. The second kappa shape index (κ2) is 7.83. The van der Waals surface area contributed by atoms with Gasteiger partial charge >= 0.3 is 0 Å². The molecule has 2 aliphatic rings. The minimum absolute atomic E-state index is 0.230. The lowest BCUT2D eigenvalue weighted by atomic mass is 9.71. The normalized spacial score (nSPS) is 24.3. The van der Waals surface area contributed by atoms with Crippen LogP contribution in [0.25, 0.3) is 0 Å².